The maximum absolute atomic E-state index is 12.8. The molecule has 142 valence electrons. The molecular weight excluding hydrogens is 372 g/mol. The lowest BCUT2D eigenvalue weighted by molar-refractivity contribution is -0.116. The van der Waals surface area contributed by atoms with Crippen LogP contribution in [-0.4, -0.2) is 28.3 Å². The molecule has 0 saturated carbocycles. The first kappa shape index (κ1) is 18.3. The highest BCUT2D eigenvalue weighted by molar-refractivity contribution is 7.17. The fraction of sp³-hybridized carbons (Fsp3) is 0.238. The van der Waals surface area contributed by atoms with E-state index in [2.05, 4.69) is 15.3 Å². The number of amides is 2. The van der Waals surface area contributed by atoms with Crippen LogP contribution in [0.3, 0.4) is 0 Å². The molecule has 1 aromatic carbocycles. The average molecular weight is 392 g/mol. The molecule has 0 aliphatic carbocycles. The summed E-state index contributed by atoms with van der Waals surface area (Å²) in [7, 11) is 0. The number of pyridine rings is 1. The van der Waals surface area contributed by atoms with Crippen LogP contribution >= 0.6 is 11.3 Å². The summed E-state index contributed by atoms with van der Waals surface area (Å²) < 4.78 is 0. The van der Waals surface area contributed by atoms with Crippen molar-refractivity contribution >= 4 is 34.5 Å². The van der Waals surface area contributed by atoms with Gasteiger partial charge in [0, 0.05) is 31.0 Å². The highest BCUT2D eigenvalue weighted by Gasteiger charge is 2.21. The zero-order valence-corrected chi connectivity index (χ0v) is 16.5. The summed E-state index contributed by atoms with van der Waals surface area (Å²) in [6.45, 7) is 4.15. The third-order valence-corrected chi connectivity index (χ3v) is 5.90. The van der Waals surface area contributed by atoms with Crippen LogP contribution < -0.4 is 10.2 Å². The lowest BCUT2D eigenvalue weighted by atomic mass is 10.0. The molecule has 2 aromatic heterocycles. The van der Waals surface area contributed by atoms with E-state index in [1.807, 2.05) is 43.3 Å². The van der Waals surface area contributed by atoms with E-state index in [-0.39, 0.29) is 11.8 Å². The molecule has 0 spiro atoms. The molecule has 6 nitrogen and oxygen atoms in total. The number of thiazole rings is 1. The van der Waals surface area contributed by atoms with Crippen molar-refractivity contribution in [2.24, 2.45) is 0 Å². The quantitative estimate of drug-likeness (QED) is 0.729. The number of fused-ring (bicyclic) bond motifs is 1. The Morgan fingerprint density at radius 1 is 1.21 bits per heavy atom. The maximum Gasteiger partial charge on any atom is 0.267 e. The van der Waals surface area contributed by atoms with Crippen LogP contribution in [-0.2, 0) is 11.2 Å². The van der Waals surface area contributed by atoms with Gasteiger partial charge in [0.25, 0.3) is 5.91 Å². The van der Waals surface area contributed by atoms with Gasteiger partial charge in [0.2, 0.25) is 5.91 Å². The Morgan fingerprint density at radius 3 is 2.82 bits per heavy atom. The predicted molar refractivity (Wildman–Crippen MR) is 111 cm³/mol. The Balaban J connectivity index is 1.56. The second-order valence-electron chi connectivity index (χ2n) is 6.72. The third-order valence-electron chi connectivity index (χ3n) is 4.72. The molecular formula is C21H20N4O2S. The highest BCUT2D eigenvalue weighted by atomic mass is 32.1. The summed E-state index contributed by atoms with van der Waals surface area (Å²) in [4.78, 5) is 35.8. The molecule has 0 atom stereocenters. The van der Waals surface area contributed by atoms with Crippen LogP contribution in [0.5, 0.6) is 0 Å². The van der Waals surface area contributed by atoms with E-state index >= 15 is 0 Å². The second kappa shape index (κ2) is 7.52. The Bertz CT molecular complexity index is 1050. The Hall–Kier alpha value is -3.06. The van der Waals surface area contributed by atoms with Crippen molar-refractivity contribution in [3.05, 3.63) is 58.7 Å². The summed E-state index contributed by atoms with van der Waals surface area (Å²) in [6.07, 6.45) is 3.53. The summed E-state index contributed by atoms with van der Waals surface area (Å²) in [5, 5.41) is 3.69. The molecule has 1 N–H and O–H groups in total. The van der Waals surface area contributed by atoms with Gasteiger partial charge in [0.1, 0.15) is 9.88 Å². The number of anilines is 2. The monoisotopic (exact) mass is 392 g/mol. The number of nitrogens with one attached hydrogen (secondary N) is 1. The molecule has 7 heteroatoms. The first-order chi connectivity index (χ1) is 13.5. The molecule has 1 aliphatic rings. The summed E-state index contributed by atoms with van der Waals surface area (Å²) in [5.74, 6) is -0.142. The van der Waals surface area contributed by atoms with Gasteiger partial charge in [-0.05, 0) is 55.7 Å². The minimum Gasteiger partial charge on any atom is -0.321 e. The van der Waals surface area contributed by atoms with E-state index in [1.54, 1.807) is 18.0 Å². The van der Waals surface area contributed by atoms with Crippen molar-refractivity contribution in [2.45, 2.75) is 26.7 Å². The lowest BCUT2D eigenvalue weighted by Gasteiger charge is -2.28. The largest absolute Gasteiger partial charge is 0.321 e. The molecule has 0 fully saturated rings. The maximum atomic E-state index is 12.8. The van der Waals surface area contributed by atoms with Gasteiger partial charge in [0.05, 0.1) is 11.4 Å². The number of hydrogen-bond donors (Lipinski definition) is 1. The van der Waals surface area contributed by atoms with Crippen LogP contribution in [0.4, 0.5) is 11.4 Å². The van der Waals surface area contributed by atoms with Crippen LogP contribution in [0.15, 0.2) is 42.6 Å². The minimum atomic E-state index is -0.184. The topological polar surface area (TPSA) is 75.2 Å². The van der Waals surface area contributed by atoms with E-state index in [4.69, 9.17) is 0 Å². The summed E-state index contributed by atoms with van der Waals surface area (Å²) >= 11 is 1.33. The number of aromatic nitrogens is 2. The fourth-order valence-corrected chi connectivity index (χ4v) is 4.33. The van der Waals surface area contributed by atoms with Crippen molar-refractivity contribution in [3.63, 3.8) is 0 Å². The standard InChI is InChI=1S/C21H20N4O2S/c1-13-19(28-21(23-13)17-7-3-4-10-22-17)20(27)24-16-8-9-18-15(12-16)6-5-11-25(18)14(2)26/h3-4,7-10,12H,5-6,11H2,1-2H3,(H,24,27). The molecule has 0 radical (unpaired) electrons. The number of aryl methyl sites for hydroxylation is 2. The normalized spacial score (nSPS) is 13.1. The minimum absolute atomic E-state index is 0.0417. The fourth-order valence-electron chi connectivity index (χ4n) is 3.40. The molecule has 3 aromatic rings. The zero-order chi connectivity index (χ0) is 19.7. The van der Waals surface area contributed by atoms with Crippen LogP contribution in [0.25, 0.3) is 10.7 Å². The van der Waals surface area contributed by atoms with Crippen molar-refractivity contribution in [3.8, 4) is 10.7 Å². The van der Waals surface area contributed by atoms with Crippen molar-refractivity contribution in [2.75, 3.05) is 16.8 Å². The summed E-state index contributed by atoms with van der Waals surface area (Å²) in [6, 6.07) is 11.3. The number of hydrogen-bond acceptors (Lipinski definition) is 5. The van der Waals surface area contributed by atoms with Gasteiger partial charge in [-0.1, -0.05) is 6.07 Å². The number of benzene rings is 1. The molecule has 4 rings (SSSR count). The molecule has 0 unspecified atom stereocenters. The van der Waals surface area contributed by atoms with E-state index in [0.717, 1.165) is 47.0 Å². The van der Waals surface area contributed by atoms with Crippen LogP contribution in [0, 0.1) is 6.92 Å². The molecule has 1 aliphatic heterocycles. The number of rotatable bonds is 3. The predicted octanol–water partition coefficient (Wildman–Crippen LogP) is 4.06. The smallest absolute Gasteiger partial charge is 0.267 e. The lowest BCUT2D eigenvalue weighted by Crippen LogP contribution is -2.33. The van der Waals surface area contributed by atoms with Gasteiger partial charge < -0.3 is 10.2 Å². The van der Waals surface area contributed by atoms with Gasteiger partial charge >= 0.3 is 0 Å². The molecule has 2 amide bonds. The van der Waals surface area contributed by atoms with Gasteiger partial charge in [-0.25, -0.2) is 4.98 Å². The third kappa shape index (κ3) is 3.53. The van der Waals surface area contributed by atoms with E-state index in [0.29, 0.717) is 10.6 Å². The van der Waals surface area contributed by atoms with Crippen LogP contribution in [0.1, 0.15) is 34.3 Å². The molecule has 0 bridgehead atoms. The molecule has 3 heterocycles. The van der Waals surface area contributed by atoms with Gasteiger partial charge in [-0.3, -0.25) is 14.6 Å². The number of carbonyl (C=O) groups is 2. The summed E-state index contributed by atoms with van der Waals surface area (Å²) in [5.41, 5.74) is 4.18. The first-order valence-electron chi connectivity index (χ1n) is 9.14. The van der Waals surface area contributed by atoms with E-state index < -0.39 is 0 Å². The Labute approximate surface area is 167 Å². The highest BCUT2D eigenvalue weighted by Crippen LogP contribution is 2.31. The Morgan fingerprint density at radius 2 is 2.07 bits per heavy atom. The second-order valence-corrected chi connectivity index (χ2v) is 7.72. The molecule has 28 heavy (non-hydrogen) atoms. The van der Waals surface area contributed by atoms with Gasteiger partial charge in [-0.15, -0.1) is 11.3 Å². The zero-order valence-electron chi connectivity index (χ0n) is 15.7. The van der Waals surface area contributed by atoms with Crippen molar-refractivity contribution in [1.29, 1.82) is 0 Å². The van der Waals surface area contributed by atoms with E-state index in [9.17, 15) is 9.59 Å². The van der Waals surface area contributed by atoms with Crippen molar-refractivity contribution < 1.29 is 9.59 Å². The van der Waals surface area contributed by atoms with Gasteiger partial charge in [-0.2, -0.15) is 0 Å². The van der Waals surface area contributed by atoms with Gasteiger partial charge in [0.15, 0.2) is 0 Å². The number of carbonyl (C=O) groups excluding carboxylic acids is 2. The van der Waals surface area contributed by atoms with Crippen molar-refractivity contribution in [1.82, 2.24) is 9.97 Å². The van der Waals surface area contributed by atoms with Crippen LogP contribution in [0.2, 0.25) is 0 Å². The average Bonchev–Trinajstić information content (AvgIpc) is 3.10. The Kier molecular flexibility index (Phi) is 4.92. The van der Waals surface area contributed by atoms with E-state index in [1.165, 1.54) is 11.3 Å². The first-order valence-corrected chi connectivity index (χ1v) is 9.96. The SMILES string of the molecule is CC(=O)N1CCCc2cc(NC(=O)c3sc(-c4ccccn4)nc3C)ccc21. The molecule has 0 saturated heterocycles. The number of nitrogens with zero attached hydrogens (tertiary/aromatic N) is 3.